The molecule has 4 nitrogen and oxygen atoms in total. The summed E-state index contributed by atoms with van der Waals surface area (Å²) in [4.78, 5) is -1.44. The van der Waals surface area contributed by atoms with Gasteiger partial charge in [-0.05, 0) is 12.8 Å². The largest absolute Gasteiger partial charge is 0.311 e. The van der Waals surface area contributed by atoms with Crippen LogP contribution >= 0.6 is 0 Å². The zero-order valence-corrected chi connectivity index (χ0v) is 9.81. The zero-order valence-electron chi connectivity index (χ0n) is 8.99. The summed E-state index contributed by atoms with van der Waals surface area (Å²) in [5, 5.41) is 0. The first kappa shape index (κ1) is 13.9. The second-order valence-electron chi connectivity index (χ2n) is 3.70. The van der Waals surface area contributed by atoms with Crippen LogP contribution in [0, 0.1) is 0 Å². The Labute approximate surface area is 86.6 Å². The second-order valence-corrected chi connectivity index (χ2v) is 5.47. The van der Waals surface area contributed by atoms with Gasteiger partial charge in [-0.25, -0.2) is 0 Å². The summed E-state index contributed by atoms with van der Waals surface area (Å²) in [5.41, 5.74) is 5.62. The average Bonchev–Trinajstić information content (AvgIpc) is 2.10. The Morgan fingerprint density at radius 3 is 2.14 bits per heavy atom. The number of rotatable bonds is 7. The van der Waals surface area contributed by atoms with Crippen molar-refractivity contribution in [2.45, 2.75) is 57.2 Å². The van der Waals surface area contributed by atoms with Crippen LogP contribution in [0.2, 0.25) is 0 Å². The Kier molecular flexibility index (Phi) is 5.63. The van der Waals surface area contributed by atoms with Gasteiger partial charge in [0.2, 0.25) is 0 Å². The summed E-state index contributed by atoms with van der Waals surface area (Å²) in [6.45, 7) is 3.76. The molecule has 0 aromatic heterocycles. The third-order valence-electron chi connectivity index (χ3n) is 2.57. The van der Waals surface area contributed by atoms with E-state index in [1.54, 1.807) is 6.92 Å². The third-order valence-corrected chi connectivity index (χ3v) is 4.09. The van der Waals surface area contributed by atoms with Crippen LogP contribution in [-0.4, -0.2) is 17.8 Å². The number of hydrogen-bond donors (Lipinski definition) is 2. The highest BCUT2D eigenvalue weighted by Gasteiger charge is 2.35. The highest BCUT2D eigenvalue weighted by atomic mass is 32.2. The van der Waals surface area contributed by atoms with Crippen LogP contribution in [0.5, 0.6) is 0 Å². The van der Waals surface area contributed by atoms with E-state index in [1.807, 2.05) is 0 Å². The van der Waals surface area contributed by atoms with E-state index in [9.17, 15) is 8.42 Å². The smallest absolute Gasteiger partial charge is 0.283 e. The van der Waals surface area contributed by atoms with E-state index in [0.29, 0.717) is 6.42 Å². The van der Waals surface area contributed by atoms with Gasteiger partial charge in [0, 0.05) is 0 Å². The third kappa shape index (κ3) is 3.94. The van der Waals surface area contributed by atoms with E-state index >= 15 is 0 Å². The molecule has 1 atom stereocenters. The fourth-order valence-electron chi connectivity index (χ4n) is 1.34. The van der Waals surface area contributed by atoms with Gasteiger partial charge >= 0.3 is 0 Å². The molecule has 1 unspecified atom stereocenters. The molecular formula is C9H21NO3S. The molecular weight excluding hydrogens is 202 g/mol. The standard InChI is InChI=1S/C9H21NO3S/c1-3-5-6-7-8-9(10,4-2)14(11,12)13/h3-8,10H2,1-2H3,(H,11,12,13). The topological polar surface area (TPSA) is 80.4 Å². The molecule has 0 aliphatic heterocycles. The monoisotopic (exact) mass is 223 g/mol. The first-order valence-electron chi connectivity index (χ1n) is 5.13. The molecule has 0 aliphatic rings. The van der Waals surface area contributed by atoms with Crippen LogP contribution in [0.15, 0.2) is 0 Å². The molecule has 0 rings (SSSR count). The lowest BCUT2D eigenvalue weighted by Crippen LogP contribution is -2.46. The predicted octanol–water partition coefficient (Wildman–Crippen LogP) is 1.91. The maximum absolute atomic E-state index is 11.0. The van der Waals surface area contributed by atoms with E-state index < -0.39 is 15.0 Å². The minimum absolute atomic E-state index is 0.248. The fraction of sp³-hybridized carbons (Fsp3) is 1.00. The van der Waals surface area contributed by atoms with Crippen molar-refractivity contribution >= 4 is 10.1 Å². The van der Waals surface area contributed by atoms with Crippen LogP contribution < -0.4 is 5.73 Å². The first-order valence-corrected chi connectivity index (χ1v) is 6.57. The van der Waals surface area contributed by atoms with Crippen LogP contribution in [0.4, 0.5) is 0 Å². The second kappa shape index (κ2) is 5.68. The van der Waals surface area contributed by atoms with Crippen LogP contribution in [0.1, 0.15) is 52.4 Å². The molecule has 5 heteroatoms. The molecule has 14 heavy (non-hydrogen) atoms. The lowest BCUT2D eigenvalue weighted by Gasteiger charge is -2.24. The van der Waals surface area contributed by atoms with E-state index in [0.717, 1.165) is 25.7 Å². The predicted molar refractivity (Wildman–Crippen MR) is 57.5 cm³/mol. The van der Waals surface area contributed by atoms with Crippen molar-refractivity contribution in [2.24, 2.45) is 5.73 Å². The molecule has 0 heterocycles. The number of hydrogen-bond acceptors (Lipinski definition) is 3. The summed E-state index contributed by atoms with van der Waals surface area (Å²) in [6.07, 6.45) is 4.46. The minimum Gasteiger partial charge on any atom is -0.311 e. The molecule has 0 radical (unpaired) electrons. The van der Waals surface area contributed by atoms with Crippen molar-refractivity contribution in [2.75, 3.05) is 0 Å². The van der Waals surface area contributed by atoms with Crippen molar-refractivity contribution in [3.05, 3.63) is 0 Å². The van der Waals surface area contributed by atoms with Gasteiger partial charge in [0.15, 0.2) is 0 Å². The number of unbranched alkanes of at least 4 members (excludes halogenated alkanes) is 3. The minimum atomic E-state index is -4.12. The lowest BCUT2D eigenvalue weighted by molar-refractivity contribution is 0.393. The number of nitrogens with two attached hydrogens (primary N) is 1. The van der Waals surface area contributed by atoms with Gasteiger partial charge in [-0.2, -0.15) is 8.42 Å². The molecule has 0 saturated heterocycles. The Morgan fingerprint density at radius 2 is 1.79 bits per heavy atom. The highest BCUT2D eigenvalue weighted by molar-refractivity contribution is 7.87. The van der Waals surface area contributed by atoms with E-state index in [4.69, 9.17) is 10.3 Å². The Bertz CT molecular complexity index is 251. The maximum Gasteiger partial charge on any atom is 0.283 e. The van der Waals surface area contributed by atoms with Crippen molar-refractivity contribution in [1.29, 1.82) is 0 Å². The normalized spacial score (nSPS) is 16.6. The van der Waals surface area contributed by atoms with Gasteiger partial charge in [-0.15, -0.1) is 0 Å². The van der Waals surface area contributed by atoms with Crippen LogP contribution in [0.3, 0.4) is 0 Å². The fourth-order valence-corrected chi connectivity index (χ4v) is 2.11. The van der Waals surface area contributed by atoms with Crippen molar-refractivity contribution in [3.63, 3.8) is 0 Å². The summed E-state index contributed by atoms with van der Waals surface area (Å²) in [7, 11) is -4.12. The van der Waals surface area contributed by atoms with Gasteiger partial charge in [0.25, 0.3) is 10.1 Å². The quantitative estimate of drug-likeness (QED) is 0.510. The molecule has 86 valence electrons. The molecule has 3 N–H and O–H groups in total. The maximum atomic E-state index is 11.0. The zero-order chi connectivity index (χ0) is 11.2. The van der Waals surface area contributed by atoms with Gasteiger partial charge < -0.3 is 5.73 Å². The van der Waals surface area contributed by atoms with Gasteiger partial charge in [0.05, 0.1) is 0 Å². The Hall–Kier alpha value is -0.130. The highest BCUT2D eigenvalue weighted by Crippen LogP contribution is 2.21. The molecule has 0 amide bonds. The molecule has 0 bridgehead atoms. The summed E-state index contributed by atoms with van der Waals surface area (Å²) in [6, 6.07) is 0. The molecule has 0 aliphatic carbocycles. The lowest BCUT2D eigenvalue weighted by atomic mass is 10.1. The summed E-state index contributed by atoms with van der Waals surface area (Å²) >= 11 is 0. The molecule has 0 fully saturated rings. The van der Waals surface area contributed by atoms with E-state index in [2.05, 4.69) is 6.92 Å². The van der Waals surface area contributed by atoms with E-state index in [1.165, 1.54) is 0 Å². The molecule has 0 spiro atoms. The van der Waals surface area contributed by atoms with Crippen molar-refractivity contribution < 1.29 is 13.0 Å². The Balaban J connectivity index is 4.15. The van der Waals surface area contributed by atoms with Gasteiger partial charge in [-0.1, -0.05) is 39.5 Å². The van der Waals surface area contributed by atoms with Crippen LogP contribution in [-0.2, 0) is 10.1 Å². The van der Waals surface area contributed by atoms with Gasteiger partial charge in [0.1, 0.15) is 4.87 Å². The summed E-state index contributed by atoms with van der Waals surface area (Å²) in [5.74, 6) is 0. The molecule has 0 saturated carbocycles. The van der Waals surface area contributed by atoms with Crippen molar-refractivity contribution in [3.8, 4) is 0 Å². The van der Waals surface area contributed by atoms with Gasteiger partial charge in [-0.3, -0.25) is 4.55 Å². The summed E-state index contributed by atoms with van der Waals surface area (Å²) < 4.78 is 30.9. The average molecular weight is 223 g/mol. The first-order chi connectivity index (χ1) is 6.37. The van der Waals surface area contributed by atoms with Crippen molar-refractivity contribution in [1.82, 2.24) is 0 Å². The van der Waals surface area contributed by atoms with Crippen LogP contribution in [0.25, 0.3) is 0 Å². The Morgan fingerprint density at radius 1 is 1.21 bits per heavy atom. The SMILES string of the molecule is CCCCCCC(N)(CC)S(=O)(=O)O. The van der Waals surface area contributed by atoms with E-state index in [-0.39, 0.29) is 6.42 Å². The molecule has 0 aromatic carbocycles. The molecule has 0 aromatic rings.